The highest BCUT2D eigenvalue weighted by atomic mass is 16.7. The predicted octanol–water partition coefficient (Wildman–Crippen LogP) is -7.57. The molecule has 0 aromatic carbocycles. The maximum Gasteiger partial charge on any atom is 0.187 e. The fourth-order valence-electron chi connectivity index (χ4n) is 3.94. The Hall–Kier alpha value is -0.640. The highest BCUT2D eigenvalue weighted by Crippen LogP contribution is 2.30. The van der Waals surface area contributed by atoms with Crippen molar-refractivity contribution < 1.29 is 79.9 Å². The molecule has 3 aliphatic rings. The van der Waals surface area contributed by atoms with Gasteiger partial charge in [0, 0.05) is 0 Å². The molecule has 34 heavy (non-hydrogen) atoms. The Bertz CT molecular complexity index is 639. The van der Waals surface area contributed by atoms with Gasteiger partial charge in [-0.3, -0.25) is 0 Å². The van der Waals surface area contributed by atoms with Crippen LogP contribution in [0.25, 0.3) is 0 Å². The summed E-state index contributed by atoms with van der Waals surface area (Å²) in [5.41, 5.74) is 0. The molecule has 200 valence electrons. The quantitative estimate of drug-likeness (QED) is 0.154. The van der Waals surface area contributed by atoms with Crippen LogP contribution in [0.5, 0.6) is 0 Å². The molecule has 0 aromatic heterocycles. The van der Waals surface area contributed by atoms with Crippen LogP contribution < -0.4 is 0 Å². The summed E-state index contributed by atoms with van der Waals surface area (Å²) in [6.45, 7) is -2.11. The maximum absolute atomic E-state index is 10.7. The Morgan fingerprint density at radius 3 is 1.65 bits per heavy atom. The van der Waals surface area contributed by atoms with Gasteiger partial charge in [0.15, 0.2) is 18.9 Å². The van der Waals surface area contributed by atoms with Crippen molar-refractivity contribution in [3.8, 4) is 0 Å². The molecule has 0 radical (unpaired) electrons. The second kappa shape index (κ2) is 11.6. The van der Waals surface area contributed by atoms with E-state index in [1.165, 1.54) is 0 Å². The molecular formula is C18H32O16. The summed E-state index contributed by atoms with van der Waals surface area (Å²) < 4.78 is 26.2. The van der Waals surface area contributed by atoms with Gasteiger partial charge in [-0.15, -0.1) is 0 Å². The van der Waals surface area contributed by atoms with Crippen LogP contribution in [0.2, 0.25) is 0 Å². The first-order chi connectivity index (χ1) is 16.0. The molecule has 0 aromatic rings. The summed E-state index contributed by atoms with van der Waals surface area (Å²) >= 11 is 0. The van der Waals surface area contributed by atoms with Crippen molar-refractivity contribution in [1.82, 2.24) is 0 Å². The van der Waals surface area contributed by atoms with Crippen molar-refractivity contribution in [2.24, 2.45) is 0 Å². The lowest BCUT2D eigenvalue weighted by molar-refractivity contribution is -0.364. The van der Waals surface area contributed by atoms with Crippen LogP contribution in [0.4, 0.5) is 0 Å². The van der Waals surface area contributed by atoms with Crippen LogP contribution in [0.15, 0.2) is 0 Å². The van der Waals surface area contributed by atoms with E-state index in [4.69, 9.17) is 23.7 Å². The lowest BCUT2D eigenvalue weighted by atomic mass is 9.97. The smallest absolute Gasteiger partial charge is 0.187 e. The molecule has 0 aliphatic carbocycles. The predicted molar refractivity (Wildman–Crippen MR) is 101 cm³/mol. The van der Waals surface area contributed by atoms with Crippen LogP contribution in [-0.4, -0.2) is 168 Å². The van der Waals surface area contributed by atoms with Crippen LogP contribution in [0, 0.1) is 0 Å². The number of hydrogen-bond acceptors (Lipinski definition) is 16. The van der Waals surface area contributed by atoms with Gasteiger partial charge < -0.3 is 79.9 Å². The zero-order valence-electron chi connectivity index (χ0n) is 17.7. The molecule has 1 unspecified atom stereocenters. The topological polar surface area (TPSA) is 269 Å². The summed E-state index contributed by atoms with van der Waals surface area (Å²) in [6, 6.07) is 0. The third kappa shape index (κ3) is 5.52. The fraction of sp³-hybridized carbons (Fsp3) is 1.00. The van der Waals surface area contributed by atoms with Gasteiger partial charge in [-0.2, -0.15) is 0 Å². The van der Waals surface area contributed by atoms with Gasteiger partial charge in [0.1, 0.15) is 73.2 Å². The van der Waals surface area contributed by atoms with Crippen molar-refractivity contribution in [2.75, 3.05) is 19.8 Å². The van der Waals surface area contributed by atoms with E-state index in [-0.39, 0.29) is 0 Å². The third-order valence-electron chi connectivity index (χ3n) is 6.07. The molecule has 3 aliphatic heterocycles. The zero-order valence-corrected chi connectivity index (χ0v) is 17.7. The Morgan fingerprint density at radius 1 is 0.500 bits per heavy atom. The molecule has 3 saturated heterocycles. The molecule has 0 saturated carbocycles. The summed E-state index contributed by atoms with van der Waals surface area (Å²) in [6.07, 6.45) is -24.9. The highest BCUT2D eigenvalue weighted by molar-refractivity contribution is 4.94. The second-order valence-electron chi connectivity index (χ2n) is 8.37. The minimum atomic E-state index is -1.84. The first-order valence-electron chi connectivity index (χ1n) is 10.6. The lowest BCUT2D eigenvalue weighted by Gasteiger charge is -2.46. The maximum atomic E-state index is 10.7. The molecular weight excluding hydrogens is 472 g/mol. The fourth-order valence-corrected chi connectivity index (χ4v) is 3.94. The van der Waals surface area contributed by atoms with Gasteiger partial charge in [0.2, 0.25) is 0 Å². The standard InChI is InChI=1S/C18H32O16/c19-1-4-7(21)11(25)13(27)18(33-4)34-15-9(23)5(2-20)32-17(14(15)28)30-3-6-8(22)10(24)12(26)16(29)31-6/h4-29H,1-3H2/t4-,5-,6-,7-,8-,9-,10+,11+,12+,13+,14+,15+,16?,17+,18-/m1/s1. The molecule has 16 nitrogen and oxygen atoms in total. The number of rotatable bonds is 7. The van der Waals surface area contributed by atoms with Crippen LogP contribution in [-0.2, 0) is 23.7 Å². The van der Waals surface area contributed by atoms with E-state index in [1.807, 2.05) is 0 Å². The number of aliphatic hydroxyl groups excluding tert-OH is 11. The monoisotopic (exact) mass is 504 g/mol. The van der Waals surface area contributed by atoms with Crippen molar-refractivity contribution in [2.45, 2.75) is 92.1 Å². The number of aliphatic hydroxyl groups is 11. The summed E-state index contributed by atoms with van der Waals surface area (Å²) in [5.74, 6) is 0. The molecule has 0 spiro atoms. The van der Waals surface area contributed by atoms with Crippen molar-refractivity contribution in [3.63, 3.8) is 0 Å². The summed E-state index contributed by atoms with van der Waals surface area (Å²) in [4.78, 5) is 0. The van der Waals surface area contributed by atoms with Crippen LogP contribution in [0.3, 0.4) is 0 Å². The summed E-state index contributed by atoms with van der Waals surface area (Å²) in [5, 5.41) is 109. The van der Waals surface area contributed by atoms with E-state index < -0.39 is 112 Å². The second-order valence-corrected chi connectivity index (χ2v) is 8.37. The molecule has 0 amide bonds. The van der Waals surface area contributed by atoms with Gasteiger partial charge in [0.05, 0.1) is 19.8 Å². The summed E-state index contributed by atoms with van der Waals surface area (Å²) in [7, 11) is 0. The number of ether oxygens (including phenoxy) is 5. The van der Waals surface area contributed by atoms with Gasteiger partial charge in [-0.05, 0) is 0 Å². The lowest BCUT2D eigenvalue weighted by Crippen LogP contribution is -2.65. The van der Waals surface area contributed by atoms with Gasteiger partial charge in [0.25, 0.3) is 0 Å². The van der Waals surface area contributed by atoms with Crippen molar-refractivity contribution in [1.29, 1.82) is 0 Å². The van der Waals surface area contributed by atoms with E-state index >= 15 is 0 Å². The molecule has 3 rings (SSSR count). The molecule has 0 bridgehead atoms. The van der Waals surface area contributed by atoms with E-state index in [0.717, 1.165) is 0 Å². The molecule has 16 heteroatoms. The third-order valence-corrected chi connectivity index (χ3v) is 6.07. The highest BCUT2D eigenvalue weighted by Gasteiger charge is 2.51. The molecule has 11 N–H and O–H groups in total. The van der Waals surface area contributed by atoms with Crippen molar-refractivity contribution in [3.05, 3.63) is 0 Å². The van der Waals surface area contributed by atoms with Gasteiger partial charge >= 0.3 is 0 Å². The average Bonchev–Trinajstić information content (AvgIpc) is 2.82. The van der Waals surface area contributed by atoms with Gasteiger partial charge in [-0.25, -0.2) is 0 Å². The molecule has 3 heterocycles. The SMILES string of the molecule is OC[C@H]1O[C@H](O[C@@H]2[C@H](O)[C@@H](OC[C@H]3OC(O)[C@@H](O)[C@@H](O)[C@@H]3O)O[C@H](CO)[C@H]2O)[C@@H](O)[C@@H](O)[C@@H]1O. The minimum Gasteiger partial charge on any atom is -0.394 e. The zero-order chi connectivity index (χ0) is 25.3. The Morgan fingerprint density at radius 2 is 1.03 bits per heavy atom. The van der Waals surface area contributed by atoms with E-state index in [0.29, 0.717) is 0 Å². The van der Waals surface area contributed by atoms with E-state index in [9.17, 15) is 56.2 Å². The first-order valence-corrected chi connectivity index (χ1v) is 10.6. The largest absolute Gasteiger partial charge is 0.394 e. The molecule has 3 fully saturated rings. The normalized spacial score (nSPS) is 52.5. The Labute approximate surface area is 192 Å². The number of hydrogen-bond donors (Lipinski definition) is 11. The first kappa shape index (κ1) is 27.9. The van der Waals surface area contributed by atoms with E-state index in [1.54, 1.807) is 0 Å². The Balaban J connectivity index is 1.68. The van der Waals surface area contributed by atoms with Gasteiger partial charge in [-0.1, -0.05) is 0 Å². The van der Waals surface area contributed by atoms with Crippen LogP contribution >= 0.6 is 0 Å². The molecule has 15 atom stereocenters. The van der Waals surface area contributed by atoms with Crippen molar-refractivity contribution >= 4 is 0 Å². The minimum absolute atomic E-state index is 0.593. The average molecular weight is 504 g/mol. The van der Waals surface area contributed by atoms with E-state index in [2.05, 4.69) is 0 Å². The Kier molecular flexibility index (Phi) is 9.54. The van der Waals surface area contributed by atoms with Crippen LogP contribution in [0.1, 0.15) is 0 Å².